The number of piperazine rings is 1. The van der Waals surface area contributed by atoms with Crippen LogP contribution in [0.15, 0.2) is 18.2 Å². The lowest BCUT2D eigenvalue weighted by atomic mass is 9.85. The Labute approximate surface area is 208 Å². The minimum Gasteiger partial charge on any atom is -0.380 e. The molecule has 2 aliphatic heterocycles. The van der Waals surface area contributed by atoms with Gasteiger partial charge < -0.3 is 19.8 Å². The summed E-state index contributed by atoms with van der Waals surface area (Å²) in [7, 11) is 3.45. The number of carbonyl (C=O) groups excluding carboxylic acids is 2. The van der Waals surface area contributed by atoms with Crippen LogP contribution in [-0.2, 0) is 4.79 Å². The van der Waals surface area contributed by atoms with E-state index in [2.05, 4.69) is 9.80 Å². The molecule has 1 aromatic rings. The number of likely N-dealkylation sites (tertiary alicyclic amines) is 1. The number of rotatable bonds is 5. The number of benzene rings is 1. The average molecular weight is 491 g/mol. The molecule has 0 spiro atoms. The van der Waals surface area contributed by atoms with Crippen molar-refractivity contribution >= 4 is 29.1 Å². The quantitative estimate of drug-likeness (QED) is 0.687. The lowest BCUT2D eigenvalue weighted by molar-refractivity contribution is -0.156. The van der Waals surface area contributed by atoms with Crippen LogP contribution in [0.3, 0.4) is 0 Å². The molecule has 188 valence electrons. The van der Waals surface area contributed by atoms with Crippen molar-refractivity contribution in [1.29, 1.82) is 0 Å². The van der Waals surface area contributed by atoms with E-state index in [4.69, 9.17) is 11.6 Å². The monoisotopic (exact) mass is 490 g/mol. The summed E-state index contributed by atoms with van der Waals surface area (Å²) in [6.45, 7) is 6.93. The largest absolute Gasteiger partial charge is 0.380 e. The van der Waals surface area contributed by atoms with Crippen molar-refractivity contribution in [3.05, 3.63) is 28.8 Å². The van der Waals surface area contributed by atoms with Gasteiger partial charge >= 0.3 is 0 Å². The molecule has 0 aromatic heterocycles. The zero-order valence-corrected chi connectivity index (χ0v) is 21.6. The lowest BCUT2D eigenvalue weighted by Crippen LogP contribution is -2.57. The number of halogens is 1. The van der Waals surface area contributed by atoms with Crippen LogP contribution in [0.1, 0.15) is 55.8 Å². The Morgan fingerprint density at radius 2 is 1.62 bits per heavy atom. The van der Waals surface area contributed by atoms with Crippen LogP contribution in [0.2, 0.25) is 5.02 Å². The molecule has 2 saturated heterocycles. The SMILES string of the molecule is CN(C)C(=O)c1ccc(N2CCN(C3CCN(C(=O)[C@](C)(O)C4CCCC4)CC3)CC2)cc1Cl. The molecule has 8 heteroatoms. The minimum absolute atomic E-state index is 0.0734. The molecule has 34 heavy (non-hydrogen) atoms. The second-order valence-electron chi connectivity index (χ2n) is 10.5. The molecular formula is C26H39ClN4O3. The Kier molecular flexibility index (Phi) is 7.75. The van der Waals surface area contributed by atoms with E-state index in [1.165, 1.54) is 4.90 Å². The van der Waals surface area contributed by atoms with Crippen molar-refractivity contribution in [2.45, 2.75) is 57.1 Å². The van der Waals surface area contributed by atoms with Crippen molar-refractivity contribution in [2.24, 2.45) is 5.92 Å². The third-order valence-corrected chi connectivity index (χ3v) is 8.43. The zero-order chi connectivity index (χ0) is 24.5. The van der Waals surface area contributed by atoms with E-state index in [0.717, 1.165) is 83.5 Å². The number of amides is 2. The van der Waals surface area contributed by atoms with E-state index in [9.17, 15) is 14.7 Å². The van der Waals surface area contributed by atoms with E-state index < -0.39 is 5.60 Å². The van der Waals surface area contributed by atoms with Crippen molar-refractivity contribution in [2.75, 3.05) is 58.3 Å². The standard InChI is InChI=1S/C26H39ClN4O3/c1-26(34,19-6-4-5-7-19)25(33)31-12-10-20(11-13-31)29-14-16-30(17-15-29)21-8-9-22(23(27)18-21)24(32)28(2)3/h8-9,18-20,34H,4-7,10-17H2,1-3H3/t26-/m1/s1. The molecule has 1 N–H and O–H groups in total. The smallest absolute Gasteiger partial charge is 0.254 e. The molecular weight excluding hydrogens is 452 g/mol. The predicted molar refractivity (Wildman–Crippen MR) is 135 cm³/mol. The summed E-state index contributed by atoms with van der Waals surface area (Å²) in [5.41, 5.74) is 0.361. The molecule has 2 heterocycles. The van der Waals surface area contributed by atoms with Gasteiger partial charge in [0.25, 0.3) is 11.8 Å². The molecule has 4 rings (SSSR count). The molecule has 3 fully saturated rings. The van der Waals surface area contributed by atoms with Gasteiger partial charge in [0, 0.05) is 65.1 Å². The first-order chi connectivity index (χ1) is 16.2. The predicted octanol–water partition coefficient (Wildman–Crippen LogP) is 3.10. The van der Waals surface area contributed by atoms with Gasteiger partial charge in [0.1, 0.15) is 5.60 Å². The highest BCUT2D eigenvalue weighted by Gasteiger charge is 2.43. The Bertz CT molecular complexity index is 884. The van der Waals surface area contributed by atoms with Crippen molar-refractivity contribution in [3.63, 3.8) is 0 Å². The third-order valence-electron chi connectivity index (χ3n) is 8.12. The van der Waals surface area contributed by atoms with Crippen LogP contribution in [0.5, 0.6) is 0 Å². The van der Waals surface area contributed by atoms with Gasteiger partial charge in [0.15, 0.2) is 0 Å². The Balaban J connectivity index is 1.27. The first-order valence-electron chi connectivity index (χ1n) is 12.7. The number of aliphatic hydroxyl groups is 1. The van der Waals surface area contributed by atoms with E-state index in [-0.39, 0.29) is 17.7 Å². The number of carbonyl (C=O) groups is 2. The highest BCUT2D eigenvalue weighted by atomic mass is 35.5. The van der Waals surface area contributed by atoms with Crippen LogP contribution >= 0.6 is 11.6 Å². The number of hydrogen-bond acceptors (Lipinski definition) is 5. The van der Waals surface area contributed by atoms with Gasteiger partial charge in [-0.2, -0.15) is 0 Å². The summed E-state index contributed by atoms with van der Waals surface area (Å²) < 4.78 is 0. The van der Waals surface area contributed by atoms with Crippen LogP contribution < -0.4 is 4.90 Å². The summed E-state index contributed by atoms with van der Waals surface area (Å²) in [6.07, 6.45) is 6.07. The van der Waals surface area contributed by atoms with Crippen molar-refractivity contribution < 1.29 is 14.7 Å². The molecule has 0 unspecified atom stereocenters. The topological polar surface area (TPSA) is 67.3 Å². The van der Waals surface area contributed by atoms with Gasteiger partial charge in [-0.25, -0.2) is 0 Å². The highest BCUT2D eigenvalue weighted by molar-refractivity contribution is 6.34. The van der Waals surface area contributed by atoms with Gasteiger partial charge in [-0.3, -0.25) is 14.5 Å². The van der Waals surface area contributed by atoms with Crippen molar-refractivity contribution in [1.82, 2.24) is 14.7 Å². The molecule has 1 aromatic carbocycles. The van der Waals surface area contributed by atoms with Gasteiger partial charge in [0.05, 0.1) is 10.6 Å². The average Bonchev–Trinajstić information content (AvgIpc) is 3.39. The summed E-state index contributed by atoms with van der Waals surface area (Å²) in [4.78, 5) is 33.6. The van der Waals surface area contributed by atoms with E-state index in [0.29, 0.717) is 16.6 Å². The third kappa shape index (κ3) is 5.21. The van der Waals surface area contributed by atoms with E-state index in [1.807, 2.05) is 23.1 Å². The number of anilines is 1. The number of hydrogen-bond donors (Lipinski definition) is 1. The molecule has 1 aliphatic carbocycles. The Morgan fingerprint density at radius 3 is 2.18 bits per heavy atom. The van der Waals surface area contributed by atoms with Gasteiger partial charge in [-0.15, -0.1) is 0 Å². The molecule has 1 atom stereocenters. The zero-order valence-electron chi connectivity index (χ0n) is 20.8. The summed E-state index contributed by atoms with van der Waals surface area (Å²) in [6, 6.07) is 6.18. The second kappa shape index (κ2) is 10.4. The fraction of sp³-hybridized carbons (Fsp3) is 0.692. The first kappa shape index (κ1) is 25.3. The van der Waals surface area contributed by atoms with Crippen LogP contribution in [0, 0.1) is 5.92 Å². The highest BCUT2D eigenvalue weighted by Crippen LogP contribution is 2.36. The normalized spacial score (nSPS) is 22.6. The van der Waals surface area contributed by atoms with E-state index >= 15 is 0 Å². The molecule has 2 amide bonds. The van der Waals surface area contributed by atoms with E-state index in [1.54, 1.807) is 21.0 Å². The molecule has 0 radical (unpaired) electrons. The first-order valence-corrected chi connectivity index (χ1v) is 13.1. The second-order valence-corrected chi connectivity index (χ2v) is 10.9. The maximum Gasteiger partial charge on any atom is 0.254 e. The fourth-order valence-electron chi connectivity index (χ4n) is 5.88. The minimum atomic E-state index is -1.22. The molecule has 7 nitrogen and oxygen atoms in total. The van der Waals surface area contributed by atoms with Gasteiger partial charge in [-0.05, 0) is 56.7 Å². The summed E-state index contributed by atoms with van der Waals surface area (Å²) >= 11 is 6.42. The van der Waals surface area contributed by atoms with Crippen LogP contribution in [-0.4, -0.2) is 96.6 Å². The number of nitrogens with zero attached hydrogens (tertiary/aromatic N) is 4. The number of piperidine rings is 1. The fourth-order valence-corrected chi connectivity index (χ4v) is 6.13. The molecule has 0 bridgehead atoms. The molecule has 3 aliphatic rings. The molecule has 1 saturated carbocycles. The van der Waals surface area contributed by atoms with Crippen LogP contribution in [0.4, 0.5) is 5.69 Å². The Hall–Kier alpha value is -1.83. The van der Waals surface area contributed by atoms with Crippen LogP contribution in [0.25, 0.3) is 0 Å². The van der Waals surface area contributed by atoms with Gasteiger partial charge in [0.2, 0.25) is 0 Å². The lowest BCUT2D eigenvalue weighted by Gasteiger charge is -2.44. The maximum absolute atomic E-state index is 13.0. The Morgan fingerprint density at radius 1 is 1.00 bits per heavy atom. The summed E-state index contributed by atoms with van der Waals surface area (Å²) in [5.74, 6) is -0.0546. The van der Waals surface area contributed by atoms with Crippen molar-refractivity contribution in [3.8, 4) is 0 Å². The van der Waals surface area contributed by atoms with Gasteiger partial charge in [-0.1, -0.05) is 24.4 Å². The maximum atomic E-state index is 13.0. The summed E-state index contributed by atoms with van der Waals surface area (Å²) in [5, 5.41) is 11.4.